The number of likely N-dealkylation sites (tertiary alicyclic amines) is 2. The number of aliphatic hydroxyl groups excluding tert-OH is 1. The first kappa shape index (κ1) is 24.8. The van der Waals surface area contributed by atoms with Gasteiger partial charge in [0, 0.05) is 59.8 Å². The number of carbonyl (C=O) groups excluding carboxylic acids is 1. The standard InChI is InChI=1S/C30H37ClN4O2/c1-19-3-5-24-26(13-19)32-18-30(24)9-12-34(16-20(30)2)17-28(36)21-7-10-35(11-8-21)29(37)27-15-22-14-23(31)4-6-25(22)33-27/h3-6,13-15,20-21,28,32-33,36H,7-12,16-18H2,1-2H3/t20-,28-,30+/m1/s1. The molecule has 6 nitrogen and oxygen atoms in total. The number of amides is 1. The zero-order valence-electron chi connectivity index (χ0n) is 21.8. The number of aliphatic hydroxyl groups is 1. The summed E-state index contributed by atoms with van der Waals surface area (Å²) in [5.41, 5.74) is 5.80. The van der Waals surface area contributed by atoms with Crippen LogP contribution in [0.3, 0.4) is 0 Å². The number of aromatic amines is 1. The van der Waals surface area contributed by atoms with E-state index < -0.39 is 0 Å². The maximum atomic E-state index is 13.1. The van der Waals surface area contributed by atoms with Gasteiger partial charge in [-0.25, -0.2) is 0 Å². The lowest BCUT2D eigenvalue weighted by Crippen LogP contribution is -2.52. The average molecular weight is 521 g/mol. The molecule has 7 heteroatoms. The van der Waals surface area contributed by atoms with Crippen LogP contribution in [0.2, 0.25) is 5.02 Å². The highest BCUT2D eigenvalue weighted by Crippen LogP contribution is 2.47. The molecule has 196 valence electrons. The van der Waals surface area contributed by atoms with Gasteiger partial charge in [-0.2, -0.15) is 0 Å². The topological polar surface area (TPSA) is 71.6 Å². The lowest BCUT2D eigenvalue weighted by molar-refractivity contribution is 0.0110. The van der Waals surface area contributed by atoms with Crippen LogP contribution in [0.15, 0.2) is 42.5 Å². The Kier molecular flexibility index (Phi) is 6.46. The van der Waals surface area contributed by atoms with E-state index in [-0.39, 0.29) is 23.3 Å². The number of nitrogens with one attached hydrogen (secondary N) is 2. The van der Waals surface area contributed by atoms with Crippen LogP contribution in [-0.4, -0.2) is 71.2 Å². The number of H-pyrrole nitrogens is 1. The second-order valence-corrected chi connectivity index (χ2v) is 12.0. The molecule has 3 aliphatic heterocycles. The summed E-state index contributed by atoms with van der Waals surface area (Å²) in [6, 6.07) is 14.3. The SMILES string of the molecule is Cc1ccc2c(c1)NC[C@]21CCN(C[C@@H](O)C2CCN(C(=O)c3cc4cc(Cl)ccc4[nH]3)CC2)C[C@H]1C. The molecule has 0 aliphatic carbocycles. The lowest BCUT2D eigenvalue weighted by atomic mass is 9.67. The first-order chi connectivity index (χ1) is 17.8. The first-order valence-corrected chi connectivity index (χ1v) is 14.0. The summed E-state index contributed by atoms with van der Waals surface area (Å²) in [6.45, 7) is 9.63. The minimum atomic E-state index is -0.356. The molecule has 0 saturated carbocycles. The van der Waals surface area contributed by atoms with Crippen molar-refractivity contribution < 1.29 is 9.90 Å². The fraction of sp³-hybridized carbons (Fsp3) is 0.500. The van der Waals surface area contributed by atoms with E-state index in [1.54, 1.807) is 0 Å². The Morgan fingerprint density at radius 1 is 1.16 bits per heavy atom. The van der Waals surface area contributed by atoms with Gasteiger partial charge in [-0.05, 0) is 86.0 Å². The highest BCUT2D eigenvalue weighted by Gasteiger charge is 2.46. The van der Waals surface area contributed by atoms with E-state index in [4.69, 9.17) is 11.6 Å². The molecule has 1 amide bonds. The maximum Gasteiger partial charge on any atom is 0.270 e. The molecule has 3 N–H and O–H groups in total. The smallest absolute Gasteiger partial charge is 0.270 e. The molecule has 0 radical (unpaired) electrons. The quantitative estimate of drug-likeness (QED) is 0.450. The number of halogens is 1. The third kappa shape index (κ3) is 4.53. The number of piperidine rings is 2. The minimum Gasteiger partial charge on any atom is -0.392 e. The molecule has 1 aromatic heterocycles. The fourth-order valence-corrected chi connectivity index (χ4v) is 7.14. The Bertz CT molecular complexity index is 1310. The van der Waals surface area contributed by atoms with Gasteiger partial charge >= 0.3 is 0 Å². The molecular formula is C30H37ClN4O2. The summed E-state index contributed by atoms with van der Waals surface area (Å²) in [7, 11) is 0. The van der Waals surface area contributed by atoms with Crippen molar-refractivity contribution in [3.05, 3.63) is 64.3 Å². The van der Waals surface area contributed by atoms with Crippen molar-refractivity contribution in [3.8, 4) is 0 Å². The Morgan fingerprint density at radius 3 is 2.76 bits per heavy atom. The first-order valence-electron chi connectivity index (χ1n) is 13.7. The van der Waals surface area contributed by atoms with Gasteiger partial charge in [-0.15, -0.1) is 0 Å². The van der Waals surface area contributed by atoms with Crippen molar-refractivity contribution in [2.24, 2.45) is 11.8 Å². The maximum absolute atomic E-state index is 13.1. The molecule has 3 aromatic rings. The normalized spacial score (nSPS) is 25.4. The Hall–Kier alpha value is -2.54. The van der Waals surface area contributed by atoms with Gasteiger partial charge in [0.25, 0.3) is 5.91 Å². The molecule has 3 atom stereocenters. The Labute approximate surface area is 224 Å². The lowest BCUT2D eigenvalue weighted by Gasteiger charge is -2.46. The molecule has 4 heterocycles. The summed E-state index contributed by atoms with van der Waals surface area (Å²) < 4.78 is 0. The summed E-state index contributed by atoms with van der Waals surface area (Å²) in [4.78, 5) is 20.7. The van der Waals surface area contributed by atoms with E-state index in [0.717, 1.165) is 56.3 Å². The predicted molar refractivity (Wildman–Crippen MR) is 150 cm³/mol. The van der Waals surface area contributed by atoms with Gasteiger partial charge in [-0.3, -0.25) is 4.79 Å². The van der Waals surface area contributed by atoms with Crippen molar-refractivity contribution in [2.75, 3.05) is 44.6 Å². The number of benzene rings is 2. The van der Waals surface area contributed by atoms with Crippen molar-refractivity contribution in [1.82, 2.24) is 14.8 Å². The number of nitrogens with zero attached hydrogens (tertiary/aromatic N) is 2. The predicted octanol–water partition coefficient (Wildman–Crippen LogP) is 5.05. The zero-order chi connectivity index (χ0) is 25.7. The largest absolute Gasteiger partial charge is 0.392 e. The summed E-state index contributed by atoms with van der Waals surface area (Å²) >= 11 is 6.10. The van der Waals surface area contributed by atoms with E-state index in [1.165, 1.54) is 16.8 Å². The molecule has 2 saturated heterocycles. The third-order valence-electron chi connectivity index (χ3n) is 9.28. The van der Waals surface area contributed by atoms with E-state index in [1.807, 2.05) is 29.2 Å². The fourth-order valence-electron chi connectivity index (χ4n) is 6.96. The van der Waals surface area contributed by atoms with E-state index in [9.17, 15) is 9.90 Å². The molecule has 6 rings (SSSR count). The monoisotopic (exact) mass is 520 g/mol. The van der Waals surface area contributed by atoms with Crippen LogP contribution in [0.4, 0.5) is 5.69 Å². The average Bonchev–Trinajstić information content (AvgIpc) is 3.47. The Balaban J connectivity index is 1.03. The molecule has 2 fully saturated rings. The highest BCUT2D eigenvalue weighted by molar-refractivity contribution is 6.31. The molecule has 3 aliphatic rings. The van der Waals surface area contributed by atoms with Gasteiger partial charge in [-0.1, -0.05) is 30.7 Å². The van der Waals surface area contributed by atoms with E-state index >= 15 is 0 Å². The number of β-amino-alcohol motifs (C(OH)–C–C–N with tert-alkyl or cyclic N) is 1. The summed E-state index contributed by atoms with van der Waals surface area (Å²) in [5, 5.41) is 16.4. The van der Waals surface area contributed by atoms with Crippen molar-refractivity contribution in [1.29, 1.82) is 0 Å². The number of aryl methyl sites for hydroxylation is 1. The van der Waals surface area contributed by atoms with Gasteiger partial charge < -0.3 is 25.2 Å². The number of anilines is 1. The minimum absolute atomic E-state index is 0.0241. The van der Waals surface area contributed by atoms with Crippen LogP contribution in [0.25, 0.3) is 10.9 Å². The summed E-state index contributed by atoms with van der Waals surface area (Å²) in [6.07, 6.45) is 2.43. The van der Waals surface area contributed by atoms with Gasteiger partial charge in [0.15, 0.2) is 0 Å². The van der Waals surface area contributed by atoms with Crippen molar-refractivity contribution in [2.45, 2.75) is 44.6 Å². The zero-order valence-corrected chi connectivity index (χ0v) is 22.5. The van der Waals surface area contributed by atoms with Crippen LogP contribution in [-0.2, 0) is 5.41 Å². The second-order valence-electron chi connectivity index (χ2n) is 11.6. The number of hydrogen-bond donors (Lipinski definition) is 3. The highest BCUT2D eigenvalue weighted by atomic mass is 35.5. The van der Waals surface area contributed by atoms with Gasteiger partial charge in [0.05, 0.1) is 6.10 Å². The Morgan fingerprint density at radius 2 is 1.97 bits per heavy atom. The van der Waals surface area contributed by atoms with Crippen LogP contribution in [0.5, 0.6) is 0 Å². The molecule has 0 bridgehead atoms. The molecule has 37 heavy (non-hydrogen) atoms. The molecule has 1 spiro atoms. The van der Waals surface area contributed by atoms with Crippen LogP contribution >= 0.6 is 11.6 Å². The van der Waals surface area contributed by atoms with E-state index in [0.29, 0.717) is 29.7 Å². The number of hydrogen-bond acceptors (Lipinski definition) is 4. The van der Waals surface area contributed by atoms with Gasteiger partial charge in [0.1, 0.15) is 5.69 Å². The third-order valence-corrected chi connectivity index (χ3v) is 9.52. The molecule has 2 aromatic carbocycles. The molecule has 0 unspecified atom stereocenters. The molecular weight excluding hydrogens is 484 g/mol. The number of fused-ring (bicyclic) bond motifs is 3. The van der Waals surface area contributed by atoms with Gasteiger partial charge in [0.2, 0.25) is 0 Å². The van der Waals surface area contributed by atoms with Crippen LogP contribution in [0.1, 0.15) is 47.8 Å². The summed E-state index contributed by atoms with van der Waals surface area (Å²) in [5.74, 6) is 0.778. The van der Waals surface area contributed by atoms with Crippen molar-refractivity contribution >= 4 is 34.1 Å². The van der Waals surface area contributed by atoms with E-state index in [2.05, 4.69) is 47.2 Å². The van der Waals surface area contributed by atoms with Crippen LogP contribution < -0.4 is 5.32 Å². The van der Waals surface area contributed by atoms with Crippen molar-refractivity contribution in [3.63, 3.8) is 0 Å². The number of aromatic nitrogens is 1. The number of carbonyl (C=O) groups is 1. The van der Waals surface area contributed by atoms with Crippen LogP contribution in [0, 0.1) is 18.8 Å². The number of rotatable bonds is 4. The second kappa shape index (κ2) is 9.64.